The fourth-order valence-electron chi connectivity index (χ4n) is 3.72. The molecule has 1 aromatic carbocycles. The highest BCUT2D eigenvalue weighted by atomic mass is 32.1. The molecule has 1 N–H and O–H groups in total. The molecule has 162 valence electrons. The lowest BCUT2D eigenvalue weighted by Gasteiger charge is -2.34. The first-order valence-corrected chi connectivity index (χ1v) is 11.0. The Morgan fingerprint density at radius 1 is 0.875 bits per heavy atom. The summed E-state index contributed by atoms with van der Waals surface area (Å²) >= 11 is 1.32. The minimum Gasteiger partial charge on any atom is -0.459 e. The zero-order valence-electron chi connectivity index (χ0n) is 16.9. The van der Waals surface area contributed by atoms with Crippen LogP contribution in [-0.2, 0) is 0 Å². The van der Waals surface area contributed by atoms with Gasteiger partial charge in [-0.25, -0.2) is 0 Å². The number of hydrogen-bond acceptors (Lipinski definition) is 6. The lowest BCUT2D eigenvalue weighted by molar-refractivity contribution is 0.0504. The Balaban J connectivity index is 1.37. The summed E-state index contributed by atoms with van der Waals surface area (Å²) in [5.74, 6) is -0.459. The predicted octanol–water partition coefficient (Wildman–Crippen LogP) is 3.94. The molecule has 4 aromatic rings. The Morgan fingerprint density at radius 3 is 2.31 bits per heavy atom. The molecule has 0 radical (unpaired) electrons. The van der Waals surface area contributed by atoms with Gasteiger partial charge < -0.3 is 24.0 Å². The number of para-hydroxylation sites is 1. The van der Waals surface area contributed by atoms with E-state index >= 15 is 0 Å². The maximum atomic E-state index is 13.3. The highest BCUT2D eigenvalue weighted by molar-refractivity contribution is 7.12. The van der Waals surface area contributed by atoms with Crippen molar-refractivity contribution in [3.63, 3.8) is 0 Å². The first-order chi connectivity index (χ1) is 15.6. The number of rotatable bonds is 4. The molecule has 0 atom stereocenters. The van der Waals surface area contributed by atoms with Crippen molar-refractivity contribution in [2.45, 2.75) is 0 Å². The number of thiophene rings is 1. The number of benzene rings is 1. The SMILES string of the molecule is O=C(Nc1c(C(=O)N2CCN(C(=O)c3ccco3)CC2)oc2ccccc12)c1cccs1. The largest absolute Gasteiger partial charge is 0.459 e. The highest BCUT2D eigenvalue weighted by Gasteiger charge is 2.31. The minimum absolute atomic E-state index is 0.0851. The summed E-state index contributed by atoms with van der Waals surface area (Å²) < 4.78 is 11.1. The van der Waals surface area contributed by atoms with Gasteiger partial charge in [-0.1, -0.05) is 18.2 Å². The number of nitrogens with one attached hydrogen (secondary N) is 1. The van der Waals surface area contributed by atoms with E-state index in [-0.39, 0.29) is 29.2 Å². The van der Waals surface area contributed by atoms with Crippen LogP contribution in [0.25, 0.3) is 11.0 Å². The summed E-state index contributed by atoms with van der Waals surface area (Å²) in [4.78, 5) is 42.3. The molecule has 5 rings (SSSR count). The predicted molar refractivity (Wildman–Crippen MR) is 119 cm³/mol. The maximum Gasteiger partial charge on any atom is 0.291 e. The molecule has 0 unspecified atom stereocenters. The van der Waals surface area contributed by atoms with Crippen molar-refractivity contribution < 1.29 is 23.2 Å². The number of furan rings is 2. The average molecular weight is 449 g/mol. The van der Waals surface area contributed by atoms with Crippen molar-refractivity contribution in [2.24, 2.45) is 0 Å². The van der Waals surface area contributed by atoms with E-state index in [1.54, 1.807) is 46.2 Å². The third-order valence-corrected chi connectivity index (χ3v) is 6.23. The van der Waals surface area contributed by atoms with E-state index in [2.05, 4.69) is 5.32 Å². The molecule has 3 amide bonds. The number of anilines is 1. The van der Waals surface area contributed by atoms with Crippen molar-refractivity contribution >= 4 is 45.7 Å². The lowest BCUT2D eigenvalue weighted by atomic mass is 10.2. The molecular formula is C23H19N3O5S. The Labute approximate surface area is 187 Å². The van der Waals surface area contributed by atoms with Crippen molar-refractivity contribution in [3.8, 4) is 0 Å². The van der Waals surface area contributed by atoms with Crippen LogP contribution in [0.15, 0.2) is 69.0 Å². The molecule has 32 heavy (non-hydrogen) atoms. The topological polar surface area (TPSA) is 96.0 Å². The van der Waals surface area contributed by atoms with E-state index in [1.807, 2.05) is 17.5 Å². The van der Waals surface area contributed by atoms with E-state index < -0.39 is 0 Å². The van der Waals surface area contributed by atoms with Crippen LogP contribution in [0.2, 0.25) is 0 Å². The van der Waals surface area contributed by atoms with Gasteiger partial charge in [-0.05, 0) is 35.7 Å². The van der Waals surface area contributed by atoms with Crippen LogP contribution in [0, 0.1) is 0 Å². The number of nitrogens with zero attached hydrogens (tertiary/aromatic N) is 2. The summed E-state index contributed by atoms with van der Waals surface area (Å²) in [7, 11) is 0. The van der Waals surface area contributed by atoms with Gasteiger partial charge in [-0.3, -0.25) is 14.4 Å². The molecule has 1 aliphatic heterocycles. The van der Waals surface area contributed by atoms with Crippen molar-refractivity contribution in [2.75, 3.05) is 31.5 Å². The Kier molecular flexibility index (Phi) is 5.24. The summed E-state index contributed by atoms with van der Waals surface area (Å²) in [6, 6.07) is 14.0. The Morgan fingerprint density at radius 2 is 1.62 bits per heavy atom. The van der Waals surface area contributed by atoms with Crippen LogP contribution in [0.3, 0.4) is 0 Å². The van der Waals surface area contributed by atoms with Gasteiger partial charge in [0, 0.05) is 31.6 Å². The fourth-order valence-corrected chi connectivity index (χ4v) is 4.33. The van der Waals surface area contributed by atoms with Gasteiger partial charge in [0.25, 0.3) is 17.7 Å². The van der Waals surface area contributed by atoms with Crippen LogP contribution in [-0.4, -0.2) is 53.7 Å². The van der Waals surface area contributed by atoms with Gasteiger partial charge in [0.05, 0.1) is 11.1 Å². The van der Waals surface area contributed by atoms with E-state index in [0.717, 1.165) is 0 Å². The minimum atomic E-state index is -0.326. The summed E-state index contributed by atoms with van der Waals surface area (Å²) in [6.45, 7) is 1.45. The molecule has 9 heteroatoms. The van der Waals surface area contributed by atoms with Gasteiger partial charge in [0.15, 0.2) is 5.76 Å². The number of carbonyl (C=O) groups excluding carboxylic acids is 3. The van der Waals surface area contributed by atoms with Crippen LogP contribution < -0.4 is 5.32 Å². The van der Waals surface area contributed by atoms with Crippen LogP contribution in [0.1, 0.15) is 30.8 Å². The first kappa shape index (κ1) is 20.1. The van der Waals surface area contributed by atoms with Crippen LogP contribution in [0.5, 0.6) is 0 Å². The van der Waals surface area contributed by atoms with Crippen LogP contribution >= 0.6 is 11.3 Å². The Bertz CT molecular complexity index is 1270. The van der Waals surface area contributed by atoms with Gasteiger partial charge in [-0.15, -0.1) is 11.3 Å². The molecule has 1 aliphatic rings. The summed E-state index contributed by atoms with van der Waals surface area (Å²) in [6.07, 6.45) is 1.46. The van der Waals surface area contributed by atoms with E-state index in [0.29, 0.717) is 47.7 Å². The van der Waals surface area contributed by atoms with E-state index in [1.165, 1.54) is 17.6 Å². The molecule has 0 aliphatic carbocycles. The summed E-state index contributed by atoms with van der Waals surface area (Å²) in [5.41, 5.74) is 0.877. The molecule has 0 saturated carbocycles. The zero-order chi connectivity index (χ0) is 22.1. The van der Waals surface area contributed by atoms with Gasteiger partial charge in [-0.2, -0.15) is 0 Å². The number of fused-ring (bicyclic) bond motifs is 1. The van der Waals surface area contributed by atoms with Crippen LogP contribution in [0.4, 0.5) is 5.69 Å². The molecule has 0 bridgehead atoms. The third-order valence-electron chi connectivity index (χ3n) is 5.36. The van der Waals surface area contributed by atoms with Gasteiger partial charge in [0.2, 0.25) is 5.76 Å². The quantitative estimate of drug-likeness (QED) is 0.509. The van der Waals surface area contributed by atoms with Crippen molar-refractivity contribution in [3.05, 3.63) is 76.6 Å². The molecule has 8 nitrogen and oxygen atoms in total. The number of amides is 3. The number of piperazine rings is 1. The second kappa shape index (κ2) is 8.35. The lowest BCUT2D eigenvalue weighted by Crippen LogP contribution is -2.50. The molecule has 3 aromatic heterocycles. The average Bonchev–Trinajstić information content (AvgIpc) is 3.60. The van der Waals surface area contributed by atoms with Crippen molar-refractivity contribution in [1.82, 2.24) is 9.80 Å². The highest BCUT2D eigenvalue weighted by Crippen LogP contribution is 2.32. The second-order valence-electron chi connectivity index (χ2n) is 7.30. The smallest absolute Gasteiger partial charge is 0.291 e. The monoisotopic (exact) mass is 449 g/mol. The van der Waals surface area contributed by atoms with Gasteiger partial charge >= 0.3 is 0 Å². The second-order valence-corrected chi connectivity index (χ2v) is 8.24. The first-order valence-electron chi connectivity index (χ1n) is 10.1. The normalized spacial score (nSPS) is 14.0. The molecule has 1 fully saturated rings. The fraction of sp³-hybridized carbons (Fsp3) is 0.174. The zero-order valence-corrected chi connectivity index (χ0v) is 17.8. The molecule has 0 spiro atoms. The molecular weight excluding hydrogens is 430 g/mol. The van der Waals surface area contributed by atoms with E-state index in [4.69, 9.17) is 8.83 Å². The standard InChI is InChI=1S/C23H19N3O5S/c27-21(18-8-4-14-32-18)24-19-15-5-1-2-6-16(15)31-20(19)23(29)26-11-9-25(10-12-26)22(28)17-7-3-13-30-17/h1-8,13-14H,9-12H2,(H,24,27). The molecule has 1 saturated heterocycles. The number of hydrogen-bond donors (Lipinski definition) is 1. The maximum absolute atomic E-state index is 13.3. The Hall–Kier alpha value is -3.85. The number of carbonyl (C=O) groups is 3. The summed E-state index contributed by atoms with van der Waals surface area (Å²) in [5, 5.41) is 5.33. The van der Waals surface area contributed by atoms with E-state index in [9.17, 15) is 14.4 Å². The van der Waals surface area contributed by atoms with Gasteiger partial charge in [0.1, 0.15) is 11.3 Å². The van der Waals surface area contributed by atoms with Crippen molar-refractivity contribution in [1.29, 1.82) is 0 Å². The molecule has 4 heterocycles. The third kappa shape index (κ3) is 3.67.